The predicted octanol–water partition coefficient (Wildman–Crippen LogP) is 1.23. The minimum absolute atomic E-state index is 0. The van der Waals surface area contributed by atoms with Gasteiger partial charge in [0.1, 0.15) is 9.84 Å². The molecule has 2 atom stereocenters. The molecule has 1 saturated heterocycles. The summed E-state index contributed by atoms with van der Waals surface area (Å²) in [5.41, 5.74) is 7.58. The molecule has 0 unspecified atom stereocenters. The number of hydrogen-bond acceptors (Lipinski definition) is 4. The molecular weight excluding hydrogens is 324 g/mol. The third-order valence-electron chi connectivity index (χ3n) is 4.31. The summed E-state index contributed by atoms with van der Waals surface area (Å²) >= 11 is 0. The number of nitrogens with two attached hydrogens (primary N) is 1. The summed E-state index contributed by atoms with van der Waals surface area (Å²) in [5, 5.41) is 2.94. The largest absolute Gasteiger partial charge is 0.349 e. The number of carbonyl (C=O) groups is 1. The normalized spacial score (nSPS) is 26.8. The van der Waals surface area contributed by atoms with Gasteiger partial charge in [-0.1, -0.05) is 12.1 Å². The molecule has 3 rings (SSSR count). The van der Waals surface area contributed by atoms with Gasteiger partial charge in [0.15, 0.2) is 0 Å². The van der Waals surface area contributed by atoms with Gasteiger partial charge in [0, 0.05) is 23.6 Å². The quantitative estimate of drug-likeness (QED) is 0.863. The number of hydrogen-bond donors (Lipinski definition) is 2. The summed E-state index contributed by atoms with van der Waals surface area (Å²) < 4.78 is 22.8. The number of benzene rings is 1. The Hall–Kier alpha value is -1.11. The summed E-state index contributed by atoms with van der Waals surface area (Å²) in [6.07, 6.45) is 1.98. The fourth-order valence-electron chi connectivity index (χ4n) is 2.81. The van der Waals surface area contributed by atoms with Crippen molar-refractivity contribution in [1.29, 1.82) is 0 Å². The van der Waals surface area contributed by atoms with E-state index in [0.717, 1.165) is 12.0 Å². The molecule has 1 aliphatic carbocycles. The lowest BCUT2D eigenvalue weighted by molar-refractivity contribution is 0.0934. The molecule has 0 bridgehead atoms. The molecule has 1 aromatic carbocycles. The highest BCUT2D eigenvalue weighted by Gasteiger charge is 2.35. The molecule has 2 fully saturated rings. The SMILES string of the molecule is Cl.N[C@@H]1C[C@H]1c1cccc(C(=O)NC2CCS(=O)(=O)CC2)c1. The van der Waals surface area contributed by atoms with Crippen molar-refractivity contribution in [1.82, 2.24) is 5.32 Å². The molecule has 3 N–H and O–H groups in total. The minimum Gasteiger partial charge on any atom is -0.349 e. The van der Waals surface area contributed by atoms with E-state index in [1.165, 1.54) is 0 Å². The van der Waals surface area contributed by atoms with Crippen molar-refractivity contribution in [3.8, 4) is 0 Å². The number of amides is 1. The van der Waals surface area contributed by atoms with Crippen LogP contribution >= 0.6 is 12.4 Å². The van der Waals surface area contributed by atoms with Crippen molar-refractivity contribution in [2.75, 3.05) is 11.5 Å². The van der Waals surface area contributed by atoms with Gasteiger partial charge < -0.3 is 11.1 Å². The zero-order valence-electron chi connectivity index (χ0n) is 12.2. The van der Waals surface area contributed by atoms with Gasteiger partial charge in [-0.3, -0.25) is 4.79 Å². The van der Waals surface area contributed by atoms with E-state index >= 15 is 0 Å². The zero-order valence-corrected chi connectivity index (χ0v) is 13.8. The van der Waals surface area contributed by atoms with Gasteiger partial charge in [-0.25, -0.2) is 8.42 Å². The van der Waals surface area contributed by atoms with Crippen LogP contribution in [0.3, 0.4) is 0 Å². The Labute approximate surface area is 137 Å². The van der Waals surface area contributed by atoms with Crippen LogP contribution < -0.4 is 11.1 Å². The van der Waals surface area contributed by atoms with E-state index < -0.39 is 9.84 Å². The second-order valence-corrected chi connectivity index (χ2v) is 8.33. The molecule has 0 spiro atoms. The topological polar surface area (TPSA) is 89.3 Å². The minimum atomic E-state index is -2.90. The molecular formula is C15H21ClN2O3S. The first kappa shape index (κ1) is 17.2. The highest BCUT2D eigenvalue weighted by molar-refractivity contribution is 7.91. The van der Waals surface area contributed by atoms with E-state index in [-0.39, 0.29) is 41.9 Å². The van der Waals surface area contributed by atoms with Crippen molar-refractivity contribution in [3.05, 3.63) is 35.4 Å². The van der Waals surface area contributed by atoms with Gasteiger partial charge in [-0.2, -0.15) is 0 Å². The van der Waals surface area contributed by atoms with Crippen molar-refractivity contribution >= 4 is 28.2 Å². The van der Waals surface area contributed by atoms with Crippen molar-refractivity contribution in [2.24, 2.45) is 5.73 Å². The van der Waals surface area contributed by atoms with E-state index in [4.69, 9.17) is 5.73 Å². The lowest BCUT2D eigenvalue weighted by atomic mass is 10.1. The van der Waals surface area contributed by atoms with Crippen LogP contribution in [0.25, 0.3) is 0 Å². The van der Waals surface area contributed by atoms with Gasteiger partial charge in [0.25, 0.3) is 5.91 Å². The van der Waals surface area contributed by atoms with Gasteiger partial charge in [-0.05, 0) is 37.0 Å². The van der Waals surface area contributed by atoms with Crippen LogP contribution in [0.4, 0.5) is 0 Å². The third kappa shape index (κ3) is 4.00. The lowest BCUT2D eigenvalue weighted by Crippen LogP contribution is -2.40. The number of halogens is 1. The average molecular weight is 345 g/mol. The van der Waals surface area contributed by atoms with Crippen LogP contribution in [0, 0.1) is 0 Å². The maximum atomic E-state index is 12.3. The van der Waals surface area contributed by atoms with E-state index in [1.807, 2.05) is 18.2 Å². The fourth-order valence-corrected chi connectivity index (χ4v) is 4.30. The average Bonchev–Trinajstić information content (AvgIpc) is 3.18. The van der Waals surface area contributed by atoms with Crippen molar-refractivity contribution in [2.45, 2.75) is 37.3 Å². The Morgan fingerprint density at radius 2 is 1.86 bits per heavy atom. The maximum absolute atomic E-state index is 12.3. The van der Waals surface area contributed by atoms with Crippen molar-refractivity contribution in [3.63, 3.8) is 0 Å². The third-order valence-corrected chi connectivity index (χ3v) is 6.02. The first-order chi connectivity index (χ1) is 9.94. The monoisotopic (exact) mass is 344 g/mol. The van der Waals surface area contributed by atoms with Crippen molar-refractivity contribution < 1.29 is 13.2 Å². The van der Waals surface area contributed by atoms with Crippen LogP contribution in [0.2, 0.25) is 0 Å². The van der Waals surface area contributed by atoms with Gasteiger partial charge >= 0.3 is 0 Å². The Morgan fingerprint density at radius 3 is 2.45 bits per heavy atom. The molecule has 5 nitrogen and oxygen atoms in total. The van der Waals surface area contributed by atoms with Crippen LogP contribution in [0.1, 0.15) is 41.1 Å². The van der Waals surface area contributed by atoms with Crippen LogP contribution in [0.15, 0.2) is 24.3 Å². The Bertz CT molecular complexity index is 649. The standard InChI is InChI=1S/C15H20N2O3S.ClH/c16-14-9-13(14)10-2-1-3-11(8-10)15(18)17-12-4-6-21(19,20)7-5-12;/h1-3,8,12-14H,4-7,9,16H2,(H,17,18);1H/t13-,14+;/m0./s1. The zero-order chi connectivity index (χ0) is 15.0. The molecule has 1 aromatic rings. The molecule has 1 heterocycles. The molecule has 22 heavy (non-hydrogen) atoms. The number of rotatable bonds is 3. The van der Waals surface area contributed by atoms with E-state index in [9.17, 15) is 13.2 Å². The van der Waals surface area contributed by atoms with E-state index in [1.54, 1.807) is 6.07 Å². The van der Waals surface area contributed by atoms with Crippen LogP contribution in [0.5, 0.6) is 0 Å². The van der Waals surface area contributed by atoms with E-state index in [2.05, 4.69) is 5.32 Å². The Balaban J connectivity index is 0.00000176. The molecule has 1 amide bonds. The first-order valence-electron chi connectivity index (χ1n) is 7.31. The Kier molecular flexibility index (Phi) is 5.14. The molecule has 1 aliphatic heterocycles. The molecule has 0 aromatic heterocycles. The van der Waals surface area contributed by atoms with Crippen LogP contribution in [-0.2, 0) is 9.84 Å². The molecule has 0 radical (unpaired) electrons. The predicted molar refractivity (Wildman–Crippen MR) is 88.2 cm³/mol. The second kappa shape index (κ2) is 6.56. The van der Waals surface area contributed by atoms with E-state index in [0.29, 0.717) is 24.3 Å². The summed E-state index contributed by atoms with van der Waals surface area (Å²) in [5.74, 6) is 0.567. The van der Waals surface area contributed by atoms with Crippen LogP contribution in [-0.4, -0.2) is 37.9 Å². The second-order valence-electron chi connectivity index (χ2n) is 6.03. The number of sulfone groups is 1. The molecule has 1 saturated carbocycles. The maximum Gasteiger partial charge on any atom is 0.251 e. The highest BCUT2D eigenvalue weighted by Crippen LogP contribution is 2.39. The van der Waals surface area contributed by atoms with Gasteiger partial charge in [0.2, 0.25) is 0 Å². The van der Waals surface area contributed by atoms with Gasteiger partial charge in [0.05, 0.1) is 11.5 Å². The number of carbonyl (C=O) groups excluding carboxylic acids is 1. The smallest absolute Gasteiger partial charge is 0.251 e. The fraction of sp³-hybridized carbons (Fsp3) is 0.533. The molecule has 122 valence electrons. The number of nitrogens with one attached hydrogen (secondary N) is 1. The highest BCUT2D eigenvalue weighted by atomic mass is 35.5. The Morgan fingerprint density at radius 1 is 1.23 bits per heavy atom. The summed E-state index contributed by atoms with van der Waals surface area (Å²) in [4.78, 5) is 12.3. The first-order valence-corrected chi connectivity index (χ1v) is 9.13. The molecule has 7 heteroatoms. The van der Waals surface area contributed by atoms with Gasteiger partial charge in [-0.15, -0.1) is 12.4 Å². The summed E-state index contributed by atoms with van der Waals surface area (Å²) in [6, 6.07) is 7.72. The molecule has 2 aliphatic rings. The summed E-state index contributed by atoms with van der Waals surface area (Å²) in [6.45, 7) is 0. The lowest BCUT2D eigenvalue weighted by Gasteiger charge is -2.23. The summed E-state index contributed by atoms with van der Waals surface area (Å²) in [7, 11) is -2.90.